The number of hydrogen-bond acceptors (Lipinski definition) is 6. The second-order valence-electron chi connectivity index (χ2n) is 7.65. The Balaban J connectivity index is 1.73. The number of amides is 1. The summed E-state index contributed by atoms with van der Waals surface area (Å²) in [7, 11) is 0. The van der Waals surface area contributed by atoms with Gasteiger partial charge in [-0.05, 0) is 36.2 Å². The van der Waals surface area contributed by atoms with E-state index >= 15 is 0 Å². The van der Waals surface area contributed by atoms with E-state index in [1.54, 1.807) is 18.2 Å². The number of alkyl halides is 3. The van der Waals surface area contributed by atoms with Crippen LogP contribution in [0.5, 0.6) is 0 Å². The number of aromatic nitrogens is 5. The van der Waals surface area contributed by atoms with E-state index in [-0.39, 0.29) is 12.2 Å². The van der Waals surface area contributed by atoms with Gasteiger partial charge in [0.25, 0.3) is 5.91 Å². The molecule has 4 aromatic rings. The fraction of sp³-hybridized carbons (Fsp3) is 0.227. The molecule has 0 saturated heterocycles. The number of rotatable bonds is 6. The van der Waals surface area contributed by atoms with Crippen molar-refractivity contribution < 1.29 is 27.5 Å². The third kappa shape index (κ3) is 4.19. The van der Waals surface area contributed by atoms with Gasteiger partial charge in [-0.15, -0.1) is 5.10 Å². The van der Waals surface area contributed by atoms with E-state index in [2.05, 4.69) is 20.3 Å². The SMILES string of the molecule is CC[C@@](O)(c1cn(Cc2ccc3c(-c4ccc(F)cn4)cc(C(N)=O)nc3c2)nn1)C(F)(F)F. The number of carbonyl (C=O) groups excluding carboxylic acids is 1. The molecule has 3 aromatic heterocycles. The summed E-state index contributed by atoms with van der Waals surface area (Å²) in [5.74, 6) is -1.30. The van der Waals surface area contributed by atoms with Crippen LogP contribution < -0.4 is 5.73 Å². The Labute approximate surface area is 190 Å². The lowest BCUT2D eigenvalue weighted by Crippen LogP contribution is -2.42. The number of fused-ring (bicyclic) bond motifs is 1. The second-order valence-corrected chi connectivity index (χ2v) is 7.65. The maximum atomic E-state index is 13.3. The molecule has 12 heteroatoms. The van der Waals surface area contributed by atoms with Gasteiger partial charge in [0.05, 0.1) is 30.1 Å². The number of benzene rings is 1. The molecule has 0 aliphatic heterocycles. The summed E-state index contributed by atoms with van der Waals surface area (Å²) in [6, 6.07) is 9.14. The summed E-state index contributed by atoms with van der Waals surface area (Å²) in [5.41, 5.74) is 3.52. The molecule has 0 spiro atoms. The fourth-order valence-corrected chi connectivity index (χ4v) is 3.52. The molecule has 1 amide bonds. The molecule has 34 heavy (non-hydrogen) atoms. The summed E-state index contributed by atoms with van der Waals surface area (Å²) in [6.45, 7) is 1.22. The van der Waals surface area contributed by atoms with E-state index in [0.29, 0.717) is 27.7 Å². The van der Waals surface area contributed by atoms with Gasteiger partial charge in [-0.25, -0.2) is 14.1 Å². The highest BCUT2D eigenvalue weighted by atomic mass is 19.4. The maximum absolute atomic E-state index is 13.3. The molecule has 0 bridgehead atoms. The molecular formula is C22H18F4N6O2. The number of hydrogen-bond donors (Lipinski definition) is 2. The zero-order chi connectivity index (χ0) is 24.7. The van der Waals surface area contributed by atoms with Crippen LogP contribution in [0.1, 0.15) is 35.1 Å². The van der Waals surface area contributed by atoms with Crippen molar-refractivity contribution in [2.24, 2.45) is 5.73 Å². The first kappa shape index (κ1) is 23.2. The van der Waals surface area contributed by atoms with Crippen molar-refractivity contribution >= 4 is 16.8 Å². The quantitative estimate of drug-likeness (QED) is 0.414. The van der Waals surface area contributed by atoms with E-state index in [9.17, 15) is 27.5 Å². The Bertz CT molecular complexity index is 1370. The average Bonchev–Trinajstić information content (AvgIpc) is 3.26. The predicted octanol–water partition coefficient (Wildman–Crippen LogP) is 3.33. The summed E-state index contributed by atoms with van der Waals surface area (Å²) >= 11 is 0. The van der Waals surface area contributed by atoms with Crippen LogP contribution in [0.3, 0.4) is 0 Å². The number of primary amides is 1. The molecule has 1 atom stereocenters. The smallest absolute Gasteiger partial charge is 0.375 e. The van der Waals surface area contributed by atoms with E-state index in [1.165, 1.54) is 25.1 Å². The summed E-state index contributed by atoms with van der Waals surface area (Å²) < 4.78 is 54.4. The molecule has 0 saturated carbocycles. The van der Waals surface area contributed by atoms with E-state index < -0.39 is 35.6 Å². The second kappa shape index (κ2) is 8.45. The maximum Gasteiger partial charge on any atom is 0.423 e. The molecular weight excluding hydrogens is 456 g/mol. The van der Waals surface area contributed by atoms with Crippen LogP contribution in [0.2, 0.25) is 0 Å². The van der Waals surface area contributed by atoms with Crippen LogP contribution in [0.15, 0.2) is 48.8 Å². The van der Waals surface area contributed by atoms with Gasteiger partial charge in [-0.3, -0.25) is 9.78 Å². The number of aliphatic hydroxyl groups is 1. The Kier molecular flexibility index (Phi) is 5.77. The van der Waals surface area contributed by atoms with E-state index in [1.807, 2.05) is 0 Å². The van der Waals surface area contributed by atoms with Crippen molar-refractivity contribution in [2.75, 3.05) is 0 Å². The van der Waals surface area contributed by atoms with E-state index in [4.69, 9.17) is 5.73 Å². The monoisotopic (exact) mass is 474 g/mol. The summed E-state index contributed by atoms with van der Waals surface area (Å²) in [6.07, 6.45) is -3.46. The van der Waals surface area contributed by atoms with Crippen molar-refractivity contribution in [3.05, 3.63) is 71.6 Å². The Morgan fingerprint density at radius 3 is 2.56 bits per heavy atom. The third-order valence-electron chi connectivity index (χ3n) is 5.42. The topological polar surface area (TPSA) is 120 Å². The molecule has 0 fully saturated rings. The third-order valence-corrected chi connectivity index (χ3v) is 5.42. The van der Waals surface area contributed by atoms with Gasteiger partial charge in [0, 0.05) is 10.9 Å². The predicted molar refractivity (Wildman–Crippen MR) is 113 cm³/mol. The molecule has 0 aliphatic carbocycles. The molecule has 1 aromatic carbocycles. The Morgan fingerprint density at radius 1 is 1.18 bits per heavy atom. The molecule has 0 radical (unpaired) electrons. The van der Waals surface area contributed by atoms with Gasteiger partial charge in [-0.1, -0.05) is 24.3 Å². The normalized spacial score (nSPS) is 13.7. The molecule has 0 unspecified atom stereocenters. The highest BCUT2D eigenvalue weighted by Gasteiger charge is 2.55. The number of halogens is 4. The average molecular weight is 474 g/mol. The Hall–Kier alpha value is -3.93. The van der Waals surface area contributed by atoms with Crippen LogP contribution in [0.25, 0.3) is 22.2 Å². The van der Waals surface area contributed by atoms with Crippen LogP contribution in [0.4, 0.5) is 17.6 Å². The molecule has 0 aliphatic rings. The van der Waals surface area contributed by atoms with Gasteiger partial charge in [0.1, 0.15) is 17.2 Å². The minimum Gasteiger partial charge on any atom is -0.375 e. The molecule has 3 N–H and O–H groups in total. The highest BCUT2D eigenvalue weighted by Crippen LogP contribution is 2.40. The molecule has 176 valence electrons. The number of pyridine rings is 2. The van der Waals surface area contributed by atoms with Crippen molar-refractivity contribution in [2.45, 2.75) is 31.7 Å². The standard InChI is InChI=1S/C22H18F4N6O2/c1-2-21(34,22(24,25)26)19-11-32(31-30-19)10-12-3-5-14-15(16-6-4-13(23)9-28-16)8-18(20(27)33)29-17(14)7-12/h3-9,11,34H,2,10H2,1H3,(H2,27,33)/t21-/m1/s1. The number of carbonyl (C=O) groups is 1. The minimum atomic E-state index is -4.91. The lowest BCUT2D eigenvalue weighted by molar-refractivity contribution is -0.269. The van der Waals surface area contributed by atoms with Crippen molar-refractivity contribution in [1.82, 2.24) is 25.0 Å². The van der Waals surface area contributed by atoms with E-state index in [0.717, 1.165) is 17.1 Å². The van der Waals surface area contributed by atoms with Crippen LogP contribution >= 0.6 is 0 Å². The number of nitrogens with two attached hydrogens (primary N) is 1. The van der Waals surface area contributed by atoms with Gasteiger partial charge in [0.15, 0.2) is 0 Å². The first-order valence-corrected chi connectivity index (χ1v) is 10.1. The minimum absolute atomic E-state index is 0.0210. The zero-order valence-corrected chi connectivity index (χ0v) is 17.7. The van der Waals surface area contributed by atoms with Crippen molar-refractivity contribution in [3.63, 3.8) is 0 Å². The first-order valence-electron chi connectivity index (χ1n) is 10.1. The molecule has 4 rings (SSSR count). The van der Waals surface area contributed by atoms with Gasteiger partial charge in [-0.2, -0.15) is 13.2 Å². The zero-order valence-electron chi connectivity index (χ0n) is 17.7. The van der Waals surface area contributed by atoms with Crippen molar-refractivity contribution in [1.29, 1.82) is 0 Å². The molecule has 3 heterocycles. The lowest BCUT2D eigenvalue weighted by Gasteiger charge is -2.26. The number of nitrogens with zero attached hydrogens (tertiary/aromatic N) is 5. The largest absolute Gasteiger partial charge is 0.423 e. The van der Waals surface area contributed by atoms with Gasteiger partial charge in [0.2, 0.25) is 5.60 Å². The fourth-order valence-electron chi connectivity index (χ4n) is 3.52. The summed E-state index contributed by atoms with van der Waals surface area (Å²) in [4.78, 5) is 20.1. The Morgan fingerprint density at radius 2 is 1.94 bits per heavy atom. The highest BCUT2D eigenvalue weighted by molar-refractivity contribution is 6.00. The van der Waals surface area contributed by atoms with Crippen LogP contribution in [-0.4, -0.2) is 42.2 Å². The van der Waals surface area contributed by atoms with Gasteiger partial charge < -0.3 is 10.8 Å². The lowest BCUT2D eigenvalue weighted by atomic mass is 9.96. The summed E-state index contributed by atoms with van der Waals surface area (Å²) in [5, 5.41) is 17.9. The van der Waals surface area contributed by atoms with Crippen LogP contribution in [0, 0.1) is 5.82 Å². The first-order chi connectivity index (χ1) is 16.0. The van der Waals surface area contributed by atoms with Crippen LogP contribution in [-0.2, 0) is 12.1 Å². The van der Waals surface area contributed by atoms with Crippen molar-refractivity contribution in [3.8, 4) is 11.3 Å². The molecule has 8 nitrogen and oxygen atoms in total. The van der Waals surface area contributed by atoms with Gasteiger partial charge >= 0.3 is 6.18 Å².